The van der Waals surface area contributed by atoms with Crippen molar-refractivity contribution in [3.8, 4) is 29.3 Å². The number of likely N-dealkylation sites (tertiary alicyclic amines) is 1. The van der Waals surface area contributed by atoms with E-state index < -0.39 is 17.5 Å². The SMILES string of the molecule is C=CC(=O)N1CC[C@@H](N(CC)c2nc(OC[C@@]34CCCN3C[C@H](F)C4)nc3c(C#N)c(-c4ccc(F)c5sc(N)c(C#N)c45)ccc23)[C@H]1CC. The van der Waals surface area contributed by atoms with Crippen LogP contribution in [0, 0.1) is 28.5 Å². The maximum Gasteiger partial charge on any atom is 0.319 e. The highest BCUT2D eigenvalue weighted by Crippen LogP contribution is 2.44. The highest BCUT2D eigenvalue weighted by Gasteiger charge is 2.49. The van der Waals surface area contributed by atoms with E-state index in [9.17, 15) is 24.1 Å². The molecule has 10 nitrogen and oxygen atoms in total. The van der Waals surface area contributed by atoms with Gasteiger partial charge >= 0.3 is 6.01 Å². The van der Waals surface area contributed by atoms with Gasteiger partial charge in [0.25, 0.3) is 0 Å². The topological polar surface area (TPSA) is 135 Å². The smallest absolute Gasteiger partial charge is 0.319 e. The van der Waals surface area contributed by atoms with Crippen LogP contribution in [0.3, 0.4) is 0 Å². The number of rotatable bonds is 9. The third-order valence-electron chi connectivity index (χ3n) is 10.8. The maximum atomic E-state index is 15.0. The lowest BCUT2D eigenvalue weighted by Gasteiger charge is -2.36. The number of nitrogens with zero attached hydrogens (tertiary/aromatic N) is 7. The molecule has 50 heavy (non-hydrogen) atoms. The zero-order valence-corrected chi connectivity index (χ0v) is 28.9. The molecule has 3 fully saturated rings. The van der Waals surface area contributed by atoms with Gasteiger partial charge in [-0.25, -0.2) is 8.78 Å². The molecule has 4 aromatic rings. The van der Waals surface area contributed by atoms with E-state index in [4.69, 9.17) is 20.4 Å². The standard InChI is InChI=1S/C37H38F2N8O2S/c1-4-28-29(12-15-47(28)30(48)5-2)46(6-3)35-24-9-8-22(23-10-11-27(39)33-31(23)26(18-41)34(42)50-33)25(17-40)32(24)43-36(44-35)49-20-37-13-7-14-45(37)19-21(38)16-37/h5,8-11,21,28-29H,2,4,6-7,12-16,19-20,42H2,1,3H3/t21-,28-,29-,37+/m1/s1. The fraction of sp³-hybridized carbons (Fsp3) is 0.432. The van der Waals surface area contributed by atoms with Crippen molar-refractivity contribution >= 4 is 49.1 Å². The molecule has 2 aromatic heterocycles. The van der Waals surface area contributed by atoms with E-state index in [2.05, 4.69) is 35.4 Å². The van der Waals surface area contributed by atoms with E-state index in [0.717, 1.165) is 37.1 Å². The number of thiophene rings is 1. The summed E-state index contributed by atoms with van der Waals surface area (Å²) in [4.78, 5) is 28.8. The first-order chi connectivity index (χ1) is 24.2. The van der Waals surface area contributed by atoms with Crippen LogP contribution in [0.5, 0.6) is 6.01 Å². The molecule has 4 atom stereocenters. The van der Waals surface area contributed by atoms with Gasteiger partial charge in [0.2, 0.25) is 5.91 Å². The summed E-state index contributed by atoms with van der Waals surface area (Å²) < 4.78 is 36.3. The molecule has 5 heterocycles. The fourth-order valence-electron chi connectivity index (χ4n) is 8.58. The molecule has 1 amide bonds. The monoisotopic (exact) mass is 696 g/mol. The number of likely N-dealkylation sites (N-methyl/N-ethyl adjacent to an activating group) is 1. The van der Waals surface area contributed by atoms with Crippen molar-refractivity contribution in [2.24, 2.45) is 0 Å². The van der Waals surface area contributed by atoms with E-state index in [0.29, 0.717) is 65.7 Å². The Morgan fingerprint density at radius 3 is 2.70 bits per heavy atom. The zero-order chi connectivity index (χ0) is 35.3. The van der Waals surface area contributed by atoms with Crippen LogP contribution in [0.4, 0.5) is 19.6 Å². The molecule has 0 bridgehead atoms. The number of nitrogens with two attached hydrogens (primary N) is 1. The molecule has 0 aliphatic carbocycles. The summed E-state index contributed by atoms with van der Waals surface area (Å²) in [5.41, 5.74) is 7.35. The van der Waals surface area contributed by atoms with Crippen molar-refractivity contribution in [1.29, 1.82) is 10.5 Å². The molecule has 0 radical (unpaired) electrons. The predicted molar refractivity (Wildman–Crippen MR) is 190 cm³/mol. The van der Waals surface area contributed by atoms with Gasteiger partial charge in [-0.05, 0) is 62.9 Å². The van der Waals surface area contributed by atoms with Crippen molar-refractivity contribution in [2.45, 2.75) is 69.7 Å². The Hall–Kier alpha value is -4.85. The number of nitrogen functional groups attached to an aromatic ring is 1. The number of benzene rings is 2. The second kappa shape index (κ2) is 13.1. The number of halogens is 2. The average Bonchev–Trinajstić information content (AvgIpc) is 3.87. The number of fused-ring (bicyclic) bond motifs is 3. The summed E-state index contributed by atoms with van der Waals surface area (Å²) >= 11 is 0.994. The van der Waals surface area contributed by atoms with Crippen LogP contribution in [-0.4, -0.2) is 82.3 Å². The van der Waals surface area contributed by atoms with Crippen LogP contribution >= 0.6 is 11.3 Å². The zero-order valence-electron chi connectivity index (χ0n) is 28.1. The van der Waals surface area contributed by atoms with Crippen LogP contribution in [0.15, 0.2) is 36.9 Å². The Balaban J connectivity index is 1.41. The number of anilines is 2. The molecule has 0 saturated carbocycles. The van der Waals surface area contributed by atoms with Gasteiger partial charge in [0, 0.05) is 42.4 Å². The van der Waals surface area contributed by atoms with Crippen molar-refractivity contribution in [2.75, 3.05) is 43.4 Å². The molecular formula is C37H38F2N8O2S. The number of alkyl halides is 1. The average molecular weight is 697 g/mol. The Morgan fingerprint density at radius 1 is 1.20 bits per heavy atom. The van der Waals surface area contributed by atoms with E-state index in [1.807, 2.05) is 17.9 Å². The number of carbonyl (C=O) groups excluding carboxylic acids is 1. The first-order valence-electron chi connectivity index (χ1n) is 17.1. The summed E-state index contributed by atoms with van der Waals surface area (Å²) in [5.74, 6) is -0.0685. The van der Waals surface area contributed by atoms with Crippen LogP contribution in [0.2, 0.25) is 0 Å². The predicted octanol–water partition coefficient (Wildman–Crippen LogP) is 6.32. The second-order valence-electron chi connectivity index (χ2n) is 13.3. The molecule has 3 saturated heterocycles. The van der Waals surface area contributed by atoms with Crippen molar-refractivity contribution in [1.82, 2.24) is 19.8 Å². The highest BCUT2D eigenvalue weighted by molar-refractivity contribution is 7.23. The Labute approximate surface area is 293 Å². The van der Waals surface area contributed by atoms with Crippen molar-refractivity contribution in [3.63, 3.8) is 0 Å². The van der Waals surface area contributed by atoms with E-state index in [1.165, 1.54) is 12.1 Å². The normalized spacial score (nSPS) is 23.2. The number of amides is 1. The summed E-state index contributed by atoms with van der Waals surface area (Å²) in [7, 11) is 0. The lowest BCUT2D eigenvalue weighted by Crippen LogP contribution is -2.47. The van der Waals surface area contributed by atoms with E-state index in [-0.39, 0.29) is 51.4 Å². The van der Waals surface area contributed by atoms with E-state index in [1.54, 1.807) is 12.1 Å². The number of hydrogen-bond acceptors (Lipinski definition) is 10. The Bertz CT molecular complexity index is 2110. The molecule has 13 heteroatoms. The van der Waals surface area contributed by atoms with Gasteiger partial charge in [-0.15, -0.1) is 11.3 Å². The van der Waals surface area contributed by atoms with Gasteiger partial charge in [-0.2, -0.15) is 20.5 Å². The largest absolute Gasteiger partial charge is 0.461 e. The Kier molecular flexibility index (Phi) is 8.83. The van der Waals surface area contributed by atoms with Gasteiger partial charge in [-0.3, -0.25) is 9.69 Å². The van der Waals surface area contributed by atoms with Crippen LogP contribution in [0.25, 0.3) is 32.1 Å². The summed E-state index contributed by atoms with van der Waals surface area (Å²) in [5, 5.41) is 21.9. The Morgan fingerprint density at radius 2 is 1.98 bits per heavy atom. The molecule has 7 rings (SSSR count). The lowest BCUT2D eigenvalue weighted by atomic mass is 9.93. The number of aromatic nitrogens is 2. The third kappa shape index (κ3) is 5.31. The summed E-state index contributed by atoms with van der Waals surface area (Å²) in [6.45, 7) is 10.3. The second-order valence-corrected chi connectivity index (χ2v) is 14.3. The van der Waals surface area contributed by atoms with Gasteiger partial charge in [0.15, 0.2) is 0 Å². The van der Waals surface area contributed by atoms with Gasteiger partial charge in [0.1, 0.15) is 41.6 Å². The highest BCUT2D eigenvalue weighted by atomic mass is 32.1. The number of nitriles is 2. The number of ether oxygens (including phenoxy) is 1. The molecule has 3 aliphatic heterocycles. The first kappa shape index (κ1) is 33.6. The summed E-state index contributed by atoms with van der Waals surface area (Å²) in [6, 6.07) is 10.8. The first-order valence-corrected chi connectivity index (χ1v) is 17.9. The molecule has 0 spiro atoms. The van der Waals surface area contributed by atoms with E-state index >= 15 is 0 Å². The minimum Gasteiger partial charge on any atom is -0.461 e. The van der Waals surface area contributed by atoms with Crippen LogP contribution in [0.1, 0.15) is 57.1 Å². The minimum atomic E-state index is -0.929. The van der Waals surface area contributed by atoms with Gasteiger partial charge < -0.3 is 20.3 Å². The molecule has 2 aromatic carbocycles. The molecule has 3 aliphatic rings. The van der Waals surface area contributed by atoms with Crippen LogP contribution in [-0.2, 0) is 4.79 Å². The fourth-order valence-corrected chi connectivity index (χ4v) is 9.53. The molecule has 2 N–H and O–H groups in total. The minimum absolute atomic E-state index is 0.0648. The van der Waals surface area contributed by atoms with Gasteiger partial charge in [-0.1, -0.05) is 25.6 Å². The number of hydrogen-bond donors (Lipinski definition) is 1. The van der Waals surface area contributed by atoms with Gasteiger partial charge in [0.05, 0.1) is 39.0 Å². The molecule has 0 unspecified atom stereocenters. The van der Waals surface area contributed by atoms with Crippen molar-refractivity contribution in [3.05, 3.63) is 53.9 Å². The molecular weight excluding hydrogens is 659 g/mol. The van der Waals surface area contributed by atoms with Crippen LogP contribution < -0.4 is 15.4 Å². The quantitative estimate of drug-likeness (QED) is 0.199. The van der Waals surface area contributed by atoms with Crippen molar-refractivity contribution < 1.29 is 18.3 Å². The lowest BCUT2D eigenvalue weighted by molar-refractivity contribution is -0.126. The summed E-state index contributed by atoms with van der Waals surface area (Å²) in [6.07, 6.45) is 3.97. The number of carbonyl (C=O) groups is 1. The molecule has 258 valence electrons. The third-order valence-corrected chi connectivity index (χ3v) is 11.8. The maximum absolute atomic E-state index is 15.0.